The lowest BCUT2D eigenvalue weighted by Crippen LogP contribution is -2.19. The highest BCUT2D eigenvalue weighted by atomic mass is 16.5. The maximum atomic E-state index is 12.0. The number of nitrogen functional groups attached to an aromatic ring is 1. The van der Waals surface area contributed by atoms with Gasteiger partial charge in [0.2, 0.25) is 0 Å². The van der Waals surface area contributed by atoms with Crippen molar-refractivity contribution in [3.8, 4) is 0 Å². The number of hydrogen-bond donors (Lipinski definition) is 1. The van der Waals surface area contributed by atoms with E-state index >= 15 is 0 Å². The molecule has 2 N–H and O–H groups in total. The van der Waals surface area contributed by atoms with Crippen LogP contribution >= 0.6 is 0 Å². The standard InChI is InChI=1S/C18H24N4O2/c1-12-7-17(19)22(18(23)8-12)20-10-15-9-13(2)21(14(15)3)11-16-5-4-6-24-16/h7-10,16H,4-6,11,19H2,1-3H3/b20-10-/t16-/m1/s1. The minimum Gasteiger partial charge on any atom is -0.384 e. The molecule has 1 saturated heterocycles. The molecule has 2 aromatic heterocycles. The molecule has 24 heavy (non-hydrogen) atoms. The van der Waals surface area contributed by atoms with Crippen molar-refractivity contribution in [1.29, 1.82) is 0 Å². The minimum atomic E-state index is -0.225. The number of anilines is 1. The highest BCUT2D eigenvalue weighted by molar-refractivity contribution is 5.81. The van der Waals surface area contributed by atoms with Gasteiger partial charge in [0.25, 0.3) is 5.56 Å². The Hall–Kier alpha value is -2.34. The molecule has 6 nitrogen and oxygen atoms in total. The Labute approximate surface area is 141 Å². The molecule has 0 radical (unpaired) electrons. The lowest BCUT2D eigenvalue weighted by atomic mass is 10.2. The van der Waals surface area contributed by atoms with E-state index < -0.39 is 0 Å². The van der Waals surface area contributed by atoms with Gasteiger partial charge in [-0.2, -0.15) is 9.78 Å². The second-order valence-electron chi connectivity index (χ2n) is 6.42. The number of hydrogen-bond acceptors (Lipinski definition) is 4. The summed E-state index contributed by atoms with van der Waals surface area (Å²) >= 11 is 0. The average Bonchev–Trinajstić information content (AvgIpc) is 3.10. The normalized spacial score (nSPS) is 17.9. The molecule has 0 saturated carbocycles. The van der Waals surface area contributed by atoms with Gasteiger partial charge in [0.15, 0.2) is 0 Å². The van der Waals surface area contributed by atoms with Crippen LogP contribution in [-0.4, -0.2) is 28.2 Å². The van der Waals surface area contributed by atoms with E-state index in [0.29, 0.717) is 5.82 Å². The number of ether oxygens (including phenoxy) is 1. The molecule has 0 bridgehead atoms. The Balaban J connectivity index is 1.87. The highest BCUT2D eigenvalue weighted by Crippen LogP contribution is 2.19. The Morgan fingerprint density at radius 2 is 2.12 bits per heavy atom. The molecule has 1 aliphatic heterocycles. The number of nitrogens with two attached hydrogens (primary N) is 1. The van der Waals surface area contributed by atoms with Crippen molar-refractivity contribution in [3.63, 3.8) is 0 Å². The fourth-order valence-electron chi connectivity index (χ4n) is 3.19. The van der Waals surface area contributed by atoms with Crippen LogP contribution in [0.5, 0.6) is 0 Å². The van der Waals surface area contributed by atoms with Gasteiger partial charge < -0.3 is 15.0 Å². The Morgan fingerprint density at radius 1 is 1.33 bits per heavy atom. The van der Waals surface area contributed by atoms with Crippen LogP contribution in [0.1, 0.15) is 35.4 Å². The van der Waals surface area contributed by atoms with Gasteiger partial charge >= 0.3 is 0 Å². The summed E-state index contributed by atoms with van der Waals surface area (Å²) in [7, 11) is 0. The topological polar surface area (TPSA) is 74.5 Å². The lowest BCUT2D eigenvalue weighted by molar-refractivity contribution is 0.0962. The van der Waals surface area contributed by atoms with Gasteiger partial charge in [0.05, 0.1) is 12.3 Å². The van der Waals surface area contributed by atoms with E-state index in [1.165, 1.54) is 10.7 Å². The van der Waals surface area contributed by atoms with E-state index in [-0.39, 0.29) is 11.7 Å². The molecule has 0 aliphatic carbocycles. The van der Waals surface area contributed by atoms with Crippen molar-refractivity contribution in [3.05, 3.63) is 51.1 Å². The predicted molar refractivity (Wildman–Crippen MR) is 95.7 cm³/mol. The molecule has 0 aromatic carbocycles. The van der Waals surface area contributed by atoms with Crippen LogP contribution in [0.4, 0.5) is 5.82 Å². The summed E-state index contributed by atoms with van der Waals surface area (Å²) in [6.07, 6.45) is 4.22. The molecule has 0 unspecified atom stereocenters. The van der Waals surface area contributed by atoms with Crippen LogP contribution < -0.4 is 11.3 Å². The Kier molecular flexibility index (Phi) is 4.57. The molecule has 3 rings (SSSR count). The summed E-state index contributed by atoms with van der Waals surface area (Å²) in [4.78, 5) is 12.0. The lowest BCUT2D eigenvalue weighted by Gasteiger charge is -2.14. The molecule has 128 valence electrons. The van der Waals surface area contributed by atoms with Crippen LogP contribution in [-0.2, 0) is 11.3 Å². The molecule has 0 amide bonds. The Bertz CT molecular complexity index is 826. The van der Waals surface area contributed by atoms with Crippen molar-refractivity contribution >= 4 is 12.0 Å². The molecule has 1 fully saturated rings. The predicted octanol–water partition coefficient (Wildman–Crippen LogP) is 2.22. The van der Waals surface area contributed by atoms with E-state index in [1.54, 1.807) is 12.3 Å². The van der Waals surface area contributed by atoms with Crippen LogP contribution in [0.3, 0.4) is 0 Å². The summed E-state index contributed by atoms with van der Waals surface area (Å²) in [6, 6.07) is 5.33. The van der Waals surface area contributed by atoms with Gasteiger partial charge in [-0.1, -0.05) is 0 Å². The fourth-order valence-corrected chi connectivity index (χ4v) is 3.19. The van der Waals surface area contributed by atoms with Gasteiger partial charge in [-0.25, -0.2) is 0 Å². The van der Waals surface area contributed by atoms with Crippen LogP contribution in [0, 0.1) is 20.8 Å². The van der Waals surface area contributed by atoms with Crippen molar-refractivity contribution in [2.45, 2.75) is 46.3 Å². The summed E-state index contributed by atoms with van der Waals surface area (Å²) in [5, 5.41) is 4.27. The number of nitrogens with zero attached hydrogens (tertiary/aromatic N) is 3. The monoisotopic (exact) mass is 328 g/mol. The van der Waals surface area contributed by atoms with Crippen molar-refractivity contribution in [2.24, 2.45) is 5.10 Å². The third-order valence-electron chi connectivity index (χ3n) is 4.52. The van der Waals surface area contributed by atoms with Crippen molar-refractivity contribution in [1.82, 2.24) is 9.24 Å². The molecule has 6 heteroatoms. The van der Waals surface area contributed by atoms with Gasteiger partial charge in [0, 0.05) is 36.2 Å². The maximum Gasteiger partial charge on any atom is 0.273 e. The van der Waals surface area contributed by atoms with Crippen LogP contribution in [0.15, 0.2) is 28.1 Å². The van der Waals surface area contributed by atoms with Gasteiger partial charge in [-0.3, -0.25) is 4.79 Å². The average molecular weight is 328 g/mol. The molecule has 1 atom stereocenters. The molecule has 2 aromatic rings. The first-order chi connectivity index (χ1) is 11.5. The van der Waals surface area contributed by atoms with Gasteiger partial charge in [-0.15, -0.1) is 0 Å². The zero-order chi connectivity index (χ0) is 17.3. The van der Waals surface area contributed by atoms with E-state index in [1.807, 2.05) is 6.92 Å². The number of aromatic nitrogens is 2. The SMILES string of the molecule is Cc1cc(N)n(/N=C\c2cc(C)n(C[C@H]3CCCO3)c2C)c(=O)c1. The van der Waals surface area contributed by atoms with Crippen molar-refractivity contribution < 1.29 is 4.74 Å². The first-order valence-electron chi connectivity index (χ1n) is 8.27. The summed E-state index contributed by atoms with van der Waals surface area (Å²) in [5.74, 6) is 0.337. The second kappa shape index (κ2) is 6.65. The van der Waals surface area contributed by atoms with E-state index in [4.69, 9.17) is 10.5 Å². The summed E-state index contributed by atoms with van der Waals surface area (Å²) in [5.41, 5.74) is 9.76. The maximum absolute atomic E-state index is 12.0. The van der Waals surface area contributed by atoms with Gasteiger partial charge in [-0.05, 0) is 51.3 Å². The quantitative estimate of drug-likeness (QED) is 0.875. The van der Waals surface area contributed by atoms with Gasteiger partial charge in [0.1, 0.15) is 5.82 Å². The molecular weight excluding hydrogens is 304 g/mol. The molecule has 3 heterocycles. The van der Waals surface area contributed by atoms with Crippen LogP contribution in [0.2, 0.25) is 0 Å². The smallest absolute Gasteiger partial charge is 0.273 e. The third-order valence-corrected chi connectivity index (χ3v) is 4.52. The first kappa shape index (κ1) is 16.5. The second-order valence-corrected chi connectivity index (χ2v) is 6.42. The zero-order valence-corrected chi connectivity index (χ0v) is 14.5. The van der Waals surface area contributed by atoms with Crippen LogP contribution in [0.25, 0.3) is 0 Å². The summed E-state index contributed by atoms with van der Waals surface area (Å²) in [6.45, 7) is 7.69. The Morgan fingerprint density at radius 3 is 2.79 bits per heavy atom. The largest absolute Gasteiger partial charge is 0.384 e. The summed E-state index contributed by atoms with van der Waals surface area (Å²) < 4.78 is 9.20. The molecular formula is C18H24N4O2. The van der Waals surface area contributed by atoms with E-state index in [9.17, 15) is 4.79 Å². The molecule has 1 aliphatic rings. The minimum absolute atomic E-state index is 0.225. The van der Waals surface area contributed by atoms with E-state index in [2.05, 4.69) is 29.6 Å². The number of rotatable bonds is 4. The molecule has 0 spiro atoms. The zero-order valence-electron chi connectivity index (χ0n) is 14.5. The number of aryl methyl sites for hydroxylation is 2. The fraction of sp³-hybridized carbons (Fsp3) is 0.444. The third kappa shape index (κ3) is 3.28. The van der Waals surface area contributed by atoms with Crippen molar-refractivity contribution in [2.75, 3.05) is 12.3 Å². The number of pyridine rings is 1. The first-order valence-corrected chi connectivity index (χ1v) is 8.27. The van der Waals surface area contributed by atoms with E-state index in [0.717, 1.165) is 48.5 Å². The highest BCUT2D eigenvalue weighted by Gasteiger charge is 2.18.